The number of halogens is 7. The normalized spacial score (nSPS) is 12.3. The number of aromatic nitrogens is 6. The third kappa shape index (κ3) is 5.07. The lowest BCUT2D eigenvalue weighted by atomic mass is 10.0. The Morgan fingerprint density at radius 2 is 1.45 bits per heavy atom. The molecule has 0 aliphatic carbocycles. The Kier molecular flexibility index (Phi) is 6.68. The van der Waals surface area contributed by atoms with Crippen LogP contribution in [0.3, 0.4) is 0 Å². The van der Waals surface area contributed by atoms with Crippen LogP contribution in [0.1, 0.15) is 16.7 Å². The van der Waals surface area contributed by atoms with E-state index in [-0.39, 0.29) is 34.5 Å². The summed E-state index contributed by atoms with van der Waals surface area (Å²) < 4.78 is 88.0. The molecule has 0 aliphatic rings. The fraction of sp³-hybridized carbons (Fsp3) is 0.107. The second kappa shape index (κ2) is 10.2. The highest BCUT2D eigenvalue weighted by Crippen LogP contribution is 2.41. The summed E-state index contributed by atoms with van der Waals surface area (Å²) in [4.78, 5) is 0. The minimum absolute atomic E-state index is 0.0762. The van der Waals surface area contributed by atoms with Crippen molar-refractivity contribution in [3.8, 4) is 34.0 Å². The van der Waals surface area contributed by atoms with Gasteiger partial charge in [-0.25, -0.2) is 4.68 Å². The SMILES string of the molecule is FC(F)(F)c1cc(Cn2nnc(-c3nncc4noc(-c5ccccc5Cl)c34)c2-c2ccccc2)cc(C(F)(F)F)c1. The summed E-state index contributed by atoms with van der Waals surface area (Å²) in [6, 6.07) is 16.8. The van der Waals surface area contributed by atoms with Gasteiger partial charge in [-0.3, -0.25) is 0 Å². The van der Waals surface area contributed by atoms with Crippen LogP contribution in [-0.2, 0) is 18.9 Å². The highest BCUT2D eigenvalue weighted by Gasteiger charge is 2.37. The second-order valence-electron chi connectivity index (χ2n) is 9.17. The van der Waals surface area contributed by atoms with Gasteiger partial charge in [0.25, 0.3) is 0 Å². The van der Waals surface area contributed by atoms with E-state index >= 15 is 0 Å². The van der Waals surface area contributed by atoms with Crippen molar-refractivity contribution in [1.82, 2.24) is 30.3 Å². The first-order chi connectivity index (χ1) is 20.0. The smallest absolute Gasteiger partial charge is 0.355 e. The summed E-state index contributed by atoms with van der Waals surface area (Å²) >= 11 is 6.41. The first-order valence-electron chi connectivity index (χ1n) is 12.1. The van der Waals surface area contributed by atoms with Gasteiger partial charge in [-0.15, -0.1) is 10.2 Å². The average molecular weight is 601 g/mol. The van der Waals surface area contributed by atoms with Crippen LogP contribution in [0.4, 0.5) is 26.3 Å². The number of nitrogens with zero attached hydrogens (tertiary/aromatic N) is 6. The summed E-state index contributed by atoms with van der Waals surface area (Å²) in [6.45, 7) is -0.464. The van der Waals surface area contributed by atoms with Crippen LogP contribution in [-0.4, -0.2) is 30.3 Å². The summed E-state index contributed by atoms with van der Waals surface area (Å²) in [5, 5.41) is 21.4. The van der Waals surface area contributed by atoms with Gasteiger partial charge in [-0.2, -0.15) is 31.4 Å². The van der Waals surface area contributed by atoms with Gasteiger partial charge in [0, 0.05) is 11.1 Å². The predicted octanol–water partition coefficient (Wildman–Crippen LogP) is 7.95. The van der Waals surface area contributed by atoms with Crippen molar-refractivity contribution in [3.05, 3.63) is 101 Å². The first kappa shape index (κ1) is 27.4. The molecule has 0 unspecified atom stereocenters. The zero-order chi connectivity index (χ0) is 29.6. The summed E-state index contributed by atoms with van der Waals surface area (Å²) in [6.07, 6.45) is -8.63. The van der Waals surface area contributed by atoms with Gasteiger partial charge in [0.15, 0.2) is 5.76 Å². The van der Waals surface area contributed by atoms with Gasteiger partial charge in [0.1, 0.15) is 16.9 Å². The van der Waals surface area contributed by atoms with Crippen LogP contribution in [0.25, 0.3) is 44.9 Å². The van der Waals surface area contributed by atoms with Gasteiger partial charge in [0.05, 0.1) is 40.0 Å². The quantitative estimate of drug-likeness (QED) is 0.187. The third-order valence-corrected chi connectivity index (χ3v) is 6.73. The van der Waals surface area contributed by atoms with E-state index in [2.05, 4.69) is 25.7 Å². The lowest BCUT2D eigenvalue weighted by molar-refractivity contribution is -0.143. The van der Waals surface area contributed by atoms with E-state index in [4.69, 9.17) is 16.1 Å². The van der Waals surface area contributed by atoms with Gasteiger partial charge in [-0.1, -0.05) is 64.4 Å². The van der Waals surface area contributed by atoms with Crippen molar-refractivity contribution in [2.45, 2.75) is 18.9 Å². The summed E-state index contributed by atoms with van der Waals surface area (Å²) in [7, 11) is 0. The Hall–Kier alpha value is -4.78. The molecule has 0 saturated carbocycles. The van der Waals surface area contributed by atoms with Crippen molar-refractivity contribution < 1.29 is 30.9 Å². The molecule has 0 spiro atoms. The fourth-order valence-electron chi connectivity index (χ4n) is 4.55. The summed E-state index contributed by atoms with van der Waals surface area (Å²) in [5.74, 6) is 0.266. The predicted molar refractivity (Wildman–Crippen MR) is 140 cm³/mol. The van der Waals surface area contributed by atoms with Crippen molar-refractivity contribution >= 4 is 22.5 Å². The molecular weight excluding hydrogens is 586 g/mol. The highest BCUT2D eigenvalue weighted by atomic mass is 35.5. The average Bonchev–Trinajstić information content (AvgIpc) is 3.57. The fourth-order valence-corrected chi connectivity index (χ4v) is 4.78. The molecule has 3 aromatic heterocycles. The maximum absolute atomic E-state index is 13.5. The van der Waals surface area contributed by atoms with E-state index in [1.807, 2.05) is 0 Å². The molecule has 3 aromatic carbocycles. The molecule has 14 heteroatoms. The number of fused-ring (bicyclic) bond motifs is 1. The molecule has 3 heterocycles. The molecule has 42 heavy (non-hydrogen) atoms. The molecule has 0 aliphatic heterocycles. The molecule has 0 N–H and O–H groups in total. The first-order valence-corrected chi connectivity index (χ1v) is 12.5. The summed E-state index contributed by atoms with van der Waals surface area (Å²) in [5.41, 5.74) is -1.20. The Labute approximate surface area is 237 Å². The minimum Gasteiger partial charge on any atom is -0.355 e. The molecule has 6 aromatic rings. The zero-order valence-electron chi connectivity index (χ0n) is 20.9. The molecular formula is C28H15ClF6N6O. The molecule has 0 fully saturated rings. The van der Waals surface area contributed by atoms with E-state index in [0.717, 1.165) is 0 Å². The monoisotopic (exact) mass is 600 g/mol. The maximum atomic E-state index is 13.5. The van der Waals surface area contributed by atoms with Gasteiger partial charge in [-0.05, 0) is 35.9 Å². The van der Waals surface area contributed by atoms with Crippen LogP contribution < -0.4 is 0 Å². The molecule has 7 nitrogen and oxygen atoms in total. The van der Waals surface area contributed by atoms with E-state index < -0.39 is 30.0 Å². The number of hydrogen-bond acceptors (Lipinski definition) is 6. The van der Waals surface area contributed by atoms with Crippen LogP contribution in [0.2, 0.25) is 5.02 Å². The molecule has 6 rings (SSSR count). The number of rotatable bonds is 5. The zero-order valence-corrected chi connectivity index (χ0v) is 21.7. The van der Waals surface area contributed by atoms with Crippen LogP contribution in [0.15, 0.2) is 83.5 Å². The van der Waals surface area contributed by atoms with Gasteiger partial charge in [0.2, 0.25) is 0 Å². The third-order valence-electron chi connectivity index (χ3n) is 6.40. The van der Waals surface area contributed by atoms with Crippen molar-refractivity contribution in [3.63, 3.8) is 0 Å². The van der Waals surface area contributed by atoms with Crippen LogP contribution >= 0.6 is 11.6 Å². The van der Waals surface area contributed by atoms with Gasteiger partial charge >= 0.3 is 12.4 Å². The molecule has 0 radical (unpaired) electrons. The Morgan fingerprint density at radius 1 is 0.786 bits per heavy atom. The molecule has 0 atom stereocenters. The number of hydrogen-bond donors (Lipinski definition) is 0. The Morgan fingerprint density at radius 3 is 2.12 bits per heavy atom. The number of benzene rings is 3. The largest absolute Gasteiger partial charge is 0.416 e. The topological polar surface area (TPSA) is 82.5 Å². The number of alkyl halides is 6. The van der Waals surface area contributed by atoms with Gasteiger partial charge < -0.3 is 4.52 Å². The van der Waals surface area contributed by atoms with Crippen molar-refractivity contribution in [1.29, 1.82) is 0 Å². The Bertz CT molecular complexity index is 1880. The van der Waals surface area contributed by atoms with Crippen LogP contribution in [0.5, 0.6) is 0 Å². The molecule has 0 amide bonds. The molecule has 0 saturated heterocycles. The van der Waals surface area contributed by atoms with Crippen molar-refractivity contribution in [2.24, 2.45) is 0 Å². The highest BCUT2D eigenvalue weighted by molar-refractivity contribution is 6.33. The van der Waals surface area contributed by atoms with E-state index in [0.29, 0.717) is 39.2 Å². The van der Waals surface area contributed by atoms with E-state index in [9.17, 15) is 26.3 Å². The molecule has 212 valence electrons. The Balaban J connectivity index is 1.55. The maximum Gasteiger partial charge on any atom is 0.416 e. The second-order valence-corrected chi connectivity index (χ2v) is 9.58. The lowest BCUT2D eigenvalue weighted by Crippen LogP contribution is -2.13. The minimum atomic E-state index is -5.00. The van der Waals surface area contributed by atoms with E-state index in [1.54, 1.807) is 54.6 Å². The molecule has 0 bridgehead atoms. The van der Waals surface area contributed by atoms with E-state index in [1.165, 1.54) is 10.9 Å². The lowest BCUT2D eigenvalue weighted by Gasteiger charge is -2.15. The van der Waals surface area contributed by atoms with Crippen molar-refractivity contribution in [2.75, 3.05) is 0 Å². The standard InChI is InChI=1S/C28H15ClF6N6O/c29-20-9-5-4-8-19(20)26-22-21(39-42-26)13-36-37-23(22)24-25(16-6-2-1-3-7-16)41(40-38-24)14-15-10-17(27(30,31)32)12-18(11-15)28(33,34)35/h1-13H,14H2. The van der Waals surface area contributed by atoms with Crippen LogP contribution in [0, 0.1) is 0 Å².